The highest BCUT2D eigenvalue weighted by Gasteiger charge is 2.60. The first-order valence-electron chi connectivity index (χ1n) is 24.8. The molecule has 3 nitrogen and oxygen atoms in total. The summed E-state index contributed by atoms with van der Waals surface area (Å²) in [6.07, 6.45) is 0. The van der Waals surface area contributed by atoms with Gasteiger partial charge in [-0.3, -0.25) is 0 Å². The zero-order valence-corrected chi connectivity index (χ0v) is 38.7. The molecule has 71 heavy (non-hydrogen) atoms. The summed E-state index contributed by atoms with van der Waals surface area (Å²) in [5.74, 6) is 0. The zero-order valence-electron chi connectivity index (χ0n) is 38.7. The summed E-state index contributed by atoms with van der Waals surface area (Å²) < 4.78 is 7.46. The lowest BCUT2D eigenvalue weighted by atomic mass is 9.44. The van der Waals surface area contributed by atoms with Crippen LogP contribution in [-0.4, -0.2) is 13.7 Å². The molecule has 17 rings (SSSR count). The van der Waals surface area contributed by atoms with E-state index in [1.807, 2.05) is 0 Å². The molecule has 3 heteroatoms. The van der Waals surface area contributed by atoms with Crippen LogP contribution in [0.2, 0.25) is 0 Å². The van der Waals surface area contributed by atoms with Gasteiger partial charge in [0.2, 0.25) is 0 Å². The van der Waals surface area contributed by atoms with Crippen molar-refractivity contribution in [3.8, 4) is 17.1 Å². The summed E-state index contributed by atoms with van der Waals surface area (Å²) >= 11 is 0. The highest BCUT2D eigenvalue weighted by atomic mass is 15.0. The van der Waals surface area contributed by atoms with E-state index in [1.54, 1.807) is 0 Å². The molecule has 0 radical (unpaired) electrons. The van der Waals surface area contributed by atoms with E-state index in [4.69, 9.17) is 0 Å². The number of benzene rings is 11. The van der Waals surface area contributed by atoms with E-state index < -0.39 is 10.8 Å². The van der Waals surface area contributed by atoms with Gasteiger partial charge >= 0.3 is 0 Å². The van der Waals surface area contributed by atoms with Crippen LogP contribution in [0, 0.1) is 0 Å². The van der Waals surface area contributed by atoms with Gasteiger partial charge in [0.05, 0.1) is 43.9 Å². The van der Waals surface area contributed by atoms with E-state index in [0.29, 0.717) is 0 Å². The van der Waals surface area contributed by atoms with Crippen LogP contribution in [-0.2, 0) is 10.8 Å². The number of fused-ring (bicyclic) bond motifs is 9. The third-order valence-corrected chi connectivity index (χ3v) is 16.4. The fourth-order valence-corrected chi connectivity index (χ4v) is 13.7. The summed E-state index contributed by atoms with van der Waals surface area (Å²) in [6, 6.07) is 98.3. The van der Waals surface area contributed by atoms with Gasteiger partial charge in [-0.25, -0.2) is 0 Å². The lowest BCUT2D eigenvalue weighted by molar-refractivity contribution is 0.556. The second-order valence-electron chi connectivity index (χ2n) is 19.5. The van der Waals surface area contributed by atoms with Gasteiger partial charge in [0.25, 0.3) is 0 Å². The molecule has 0 aliphatic heterocycles. The van der Waals surface area contributed by atoms with Gasteiger partial charge < -0.3 is 13.7 Å². The standard InChI is InChI=1S/C68H43N3/c1-3-19-44(20-4-1)67-55-38-35-47(70-63-31-15-9-25-51(63)52-26-10-16-32-64(52)70)42-59(55)68(45-21-5-2-6-22-45,57-40-37-46(41-58(57)67)69-61-29-13-7-23-49(61)50-24-8-14-30-62(50)69)60-43-48(36-39-56(60)67)71-65-33-17-11-27-53(65)54-28-12-18-34-66(54)71/h1-43H. The molecular weight excluding hydrogens is 859 g/mol. The summed E-state index contributed by atoms with van der Waals surface area (Å²) in [7, 11) is 0. The average molecular weight is 902 g/mol. The molecular formula is C68H43N3. The summed E-state index contributed by atoms with van der Waals surface area (Å²) in [5, 5.41) is 7.53. The quantitative estimate of drug-likeness (QED) is 0.163. The van der Waals surface area contributed by atoms with Crippen LogP contribution in [0.15, 0.2) is 261 Å². The maximum atomic E-state index is 2.55. The first-order chi connectivity index (χ1) is 35.2. The van der Waals surface area contributed by atoms with E-state index in [1.165, 1.54) is 110 Å². The molecule has 0 unspecified atom stereocenters. The van der Waals surface area contributed by atoms with E-state index in [0.717, 1.165) is 17.1 Å². The van der Waals surface area contributed by atoms with Crippen LogP contribution in [0.1, 0.15) is 44.5 Å². The number of hydrogen-bond donors (Lipinski definition) is 0. The number of hydrogen-bond acceptors (Lipinski definition) is 0. The summed E-state index contributed by atoms with van der Waals surface area (Å²) in [5.41, 5.74) is 19.6. The van der Waals surface area contributed by atoms with Gasteiger partial charge in [-0.1, -0.05) is 188 Å². The minimum Gasteiger partial charge on any atom is -0.309 e. The SMILES string of the molecule is c1ccc(C23c4ccc(-n5c6ccccc6c6ccccc65)cc4C(c4ccccc4)(c4ccc(-n5c6ccccc6c6ccccc65)cc42)c2cc(-n4c5ccccc5c5ccccc54)ccc23)cc1. The highest BCUT2D eigenvalue weighted by Crippen LogP contribution is 2.67. The van der Waals surface area contributed by atoms with Crippen LogP contribution in [0.25, 0.3) is 82.5 Å². The van der Waals surface area contributed by atoms with Crippen molar-refractivity contribution in [1.82, 2.24) is 13.7 Å². The van der Waals surface area contributed by atoms with Crippen LogP contribution in [0.5, 0.6) is 0 Å². The molecule has 0 N–H and O–H groups in total. The number of rotatable bonds is 5. The maximum absolute atomic E-state index is 2.55. The fourth-order valence-electron chi connectivity index (χ4n) is 13.7. The van der Waals surface area contributed by atoms with Crippen molar-refractivity contribution in [2.45, 2.75) is 10.8 Å². The Morgan fingerprint density at radius 2 is 0.423 bits per heavy atom. The van der Waals surface area contributed by atoms with Crippen LogP contribution >= 0.6 is 0 Å². The summed E-state index contributed by atoms with van der Waals surface area (Å²) in [4.78, 5) is 0. The Labute approximate surface area is 410 Å². The van der Waals surface area contributed by atoms with Crippen LogP contribution in [0.3, 0.4) is 0 Å². The van der Waals surface area contributed by atoms with Crippen molar-refractivity contribution >= 4 is 65.4 Å². The van der Waals surface area contributed by atoms with Crippen molar-refractivity contribution < 1.29 is 0 Å². The monoisotopic (exact) mass is 901 g/mol. The Kier molecular flexibility index (Phi) is 7.75. The van der Waals surface area contributed by atoms with E-state index in [2.05, 4.69) is 275 Å². The third kappa shape index (κ3) is 4.87. The summed E-state index contributed by atoms with van der Waals surface area (Å²) in [6.45, 7) is 0. The van der Waals surface area contributed by atoms with Crippen molar-refractivity contribution in [3.63, 3.8) is 0 Å². The molecule has 3 aromatic heterocycles. The van der Waals surface area contributed by atoms with Gasteiger partial charge in [-0.15, -0.1) is 0 Å². The van der Waals surface area contributed by atoms with E-state index in [9.17, 15) is 0 Å². The second kappa shape index (κ2) is 14.2. The first kappa shape index (κ1) is 38.8. The topological polar surface area (TPSA) is 14.8 Å². The van der Waals surface area contributed by atoms with Crippen molar-refractivity contribution in [2.24, 2.45) is 0 Å². The smallest absolute Gasteiger partial charge is 0.0712 e. The molecule has 3 aliphatic rings. The molecule has 0 fully saturated rings. The third-order valence-electron chi connectivity index (χ3n) is 16.4. The molecule has 14 aromatic rings. The molecule has 0 spiro atoms. The Morgan fingerprint density at radius 3 is 0.690 bits per heavy atom. The molecule has 11 aromatic carbocycles. The molecule has 3 heterocycles. The number of para-hydroxylation sites is 6. The molecule has 330 valence electrons. The van der Waals surface area contributed by atoms with Gasteiger partial charge in [0, 0.05) is 49.4 Å². The number of aromatic nitrogens is 3. The molecule has 0 saturated carbocycles. The fraction of sp³-hybridized carbons (Fsp3) is 0.0294. The second-order valence-corrected chi connectivity index (χ2v) is 19.5. The van der Waals surface area contributed by atoms with Gasteiger partial charge in [0.1, 0.15) is 0 Å². The average Bonchev–Trinajstić information content (AvgIpc) is 4.09. The van der Waals surface area contributed by atoms with Crippen molar-refractivity contribution in [1.29, 1.82) is 0 Å². The van der Waals surface area contributed by atoms with Crippen molar-refractivity contribution in [2.75, 3.05) is 0 Å². The first-order valence-corrected chi connectivity index (χ1v) is 24.8. The normalized spacial score (nSPS) is 16.8. The Balaban J connectivity index is 1.08. The highest BCUT2D eigenvalue weighted by molar-refractivity contribution is 6.11. The lowest BCUT2D eigenvalue weighted by Gasteiger charge is -2.57. The van der Waals surface area contributed by atoms with Crippen LogP contribution < -0.4 is 0 Å². The van der Waals surface area contributed by atoms with Gasteiger partial charge in [-0.05, 0) is 117 Å². The predicted molar refractivity (Wildman–Crippen MR) is 293 cm³/mol. The lowest BCUT2D eigenvalue weighted by Crippen LogP contribution is -2.52. The Hall–Kier alpha value is -9.18. The van der Waals surface area contributed by atoms with E-state index in [-0.39, 0.29) is 0 Å². The van der Waals surface area contributed by atoms with Gasteiger partial charge in [-0.2, -0.15) is 0 Å². The molecule has 2 bridgehead atoms. The van der Waals surface area contributed by atoms with E-state index >= 15 is 0 Å². The predicted octanol–water partition coefficient (Wildman–Crippen LogP) is 16.4. The zero-order chi connectivity index (χ0) is 46.4. The molecule has 3 aliphatic carbocycles. The van der Waals surface area contributed by atoms with Gasteiger partial charge in [0.15, 0.2) is 0 Å². The Bertz CT molecular complexity index is 4200. The van der Waals surface area contributed by atoms with Crippen LogP contribution in [0.4, 0.5) is 0 Å². The van der Waals surface area contributed by atoms with Crippen molar-refractivity contribution in [3.05, 3.63) is 305 Å². The molecule has 0 saturated heterocycles. The number of nitrogens with zero attached hydrogens (tertiary/aromatic N) is 3. The largest absolute Gasteiger partial charge is 0.309 e. The minimum atomic E-state index is -0.722. The Morgan fingerprint density at radius 1 is 0.197 bits per heavy atom. The minimum absolute atomic E-state index is 0.689. The molecule has 0 atom stereocenters. The molecule has 0 amide bonds. The maximum Gasteiger partial charge on any atom is 0.0712 e.